The van der Waals surface area contributed by atoms with Crippen molar-refractivity contribution in [1.29, 1.82) is 0 Å². The predicted molar refractivity (Wildman–Crippen MR) is 61.7 cm³/mol. The summed E-state index contributed by atoms with van der Waals surface area (Å²) in [5.74, 6) is 0.778. The molecular weight excluding hydrogens is 190 g/mol. The van der Waals surface area contributed by atoms with Crippen LogP contribution in [0.3, 0.4) is 0 Å². The minimum absolute atomic E-state index is 0.0398. The second-order valence-corrected chi connectivity index (χ2v) is 3.12. The van der Waals surface area contributed by atoms with E-state index < -0.39 is 0 Å². The van der Waals surface area contributed by atoms with Gasteiger partial charge in [0, 0.05) is 0 Å². The Labute approximate surface area is 90.2 Å². The fourth-order valence-electron chi connectivity index (χ4n) is 1.15. The van der Waals surface area contributed by atoms with Crippen molar-refractivity contribution in [2.24, 2.45) is 5.73 Å². The first kappa shape index (κ1) is 11.8. The Morgan fingerprint density at radius 1 is 1.27 bits per heavy atom. The first-order valence-electron chi connectivity index (χ1n) is 5.07. The molecule has 0 saturated heterocycles. The number of benzene rings is 1. The third-order valence-corrected chi connectivity index (χ3v) is 1.88. The summed E-state index contributed by atoms with van der Waals surface area (Å²) in [5.41, 5.74) is 6.50. The number of hydrogen-bond donors (Lipinski definition) is 2. The number of ether oxygens (including phenoxy) is 1. The molecule has 0 atom stereocenters. The van der Waals surface area contributed by atoms with Gasteiger partial charge in [-0.2, -0.15) is 0 Å². The fourth-order valence-corrected chi connectivity index (χ4v) is 1.15. The van der Waals surface area contributed by atoms with E-state index in [1.54, 1.807) is 0 Å². The van der Waals surface area contributed by atoms with Gasteiger partial charge in [-0.3, -0.25) is 0 Å². The van der Waals surface area contributed by atoms with Gasteiger partial charge in [-0.15, -0.1) is 0 Å². The summed E-state index contributed by atoms with van der Waals surface area (Å²) in [6.45, 7) is 1.05. The van der Waals surface area contributed by atoms with Gasteiger partial charge in [-0.1, -0.05) is 24.3 Å². The maximum Gasteiger partial charge on any atom is 0.119 e. The first-order valence-corrected chi connectivity index (χ1v) is 5.07. The highest BCUT2D eigenvalue weighted by atomic mass is 16.5. The lowest BCUT2D eigenvalue weighted by Crippen LogP contribution is -2.01. The molecule has 0 fully saturated rings. The summed E-state index contributed by atoms with van der Waals surface area (Å²) in [5, 5.41) is 8.58. The van der Waals surface area contributed by atoms with E-state index in [-0.39, 0.29) is 6.61 Å². The Bertz CT molecular complexity index is 293. The standard InChI is InChI=1S/C12H17NO2/c13-8-2-1-3-11-4-6-12(7-5-11)15-10-9-14/h1,3-7,14H,2,8-10,13H2. The Kier molecular flexibility index (Phi) is 5.51. The van der Waals surface area contributed by atoms with Crippen LogP contribution < -0.4 is 10.5 Å². The highest BCUT2D eigenvalue weighted by Crippen LogP contribution is 2.13. The van der Waals surface area contributed by atoms with Crippen LogP contribution in [0, 0.1) is 0 Å². The van der Waals surface area contributed by atoms with Gasteiger partial charge >= 0.3 is 0 Å². The van der Waals surface area contributed by atoms with Crippen molar-refractivity contribution >= 4 is 6.08 Å². The lowest BCUT2D eigenvalue weighted by molar-refractivity contribution is 0.201. The van der Waals surface area contributed by atoms with Gasteiger partial charge in [0.25, 0.3) is 0 Å². The van der Waals surface area contributed by atoms with Crippen LogP contribution in [0.4, 0.5) is 0 Å². The zero-order chi connectivity index (χ0) is 10.9. The molecule has 1 rings (SSSR count). The number of rotatable bonds is 6. The summed E-state index contributed by atoms with van der Waals surface area (Å²) in [6, 6.07) is 7.72. The summed E-state index contributed by atoms with van der Waals surface area (Å²) in [4.78, 5) is 0. The van der Waals surface area contributed by atoms with Crippen LogP contribution in [-0.2, 0) is 0 Å². The van der Waals surface area contributed by atoms with Crippen LogP contribution in [0.1, 0.15) is 12.0 Å². The fraction of sp³-hybridized carbons (Fsp3) is 0.333. The number of nitrogens with two attached hydrogens (primary N) is 1. The number of aliphatic hydroxyl groups is 1. The summed E-state index contributed by atoms with van der Waals surface area (Å²) in [7, 11) is 0. The van der Waals surface area contributed by atoms with E-state index in [9.17, 15) is 0 Å². The molecule has 0 heterocycles. The number of aliphatic hydroxyl groups excluding tert-OH is 1. The molecular formula is C12H17NO2. The van der Waals surface area contributed by atoms with Crippen molar-refractivity contribution in [3.63, 3.8) is 0 Å². The average Bonchev–Trinajstić information content (AvgIpc) is 2.28. The second-order valence-electron chi connectivity index (χ2n) is 3.12. The lowest BCUT2D eigenvalue weighted by atomic mass is 10.2. The highest BCUT2D eigenvalue weighted by Gasteiger charge is 1.92. The van der Waals surface area contributed by atoms with Crippen molar-refractivity contribution in [1.82, 2.24) is 0 Å². The maximum absolute atomic E-state index is 8.58. The van der Waals surface area contributed by atoms with E-state index in [1.807, 2.05) is 36.4 Å². The van der Waals surface area contributed by atoms with Gasteiger partial charge in [0.15, 0.2) is 0 Å². The van der Waals surface area contributed by atoms with E-state index in [0.29, 0.717) is 13.2 Å². The quantitative estimate of drug-likeness (QED) is 0.741. The minimum atomic E-state index is 0.0398. The Hall–Kier alpha value is -1.32. The largest absolute Gasteiger partial charge is 0.491 e. The van der Waals surface area contributed by atoms with Gasteiger partial charge in [0.1, 0.15) is 12.4 Å². The summed E-state index contributed by atoms with van der Waals surface area (Å²) < 4.78 is 5.24. The van der Waals surface area contributed by atoms with Crippen molar-refractivity contribution in [2.75, 3.05) is 19.8 Å². The van der Waals surface area contributed by atoms with Gasteiger partial charge in [0.05, 0.1) is 6.61 Å². The third-order valence-electron chi connectivity index (χ3n) is 1.88. The maximum atomic E-state index is 8.58. The zero-order valence-electron chi connectivity index (χ0n) is 8.73. The summed E-state index contributed by atoms with van der Waals surface area (Å²) >= 11 is 0. The van der Waals surface area contributed by atoms with E-state index >= 15 is 0 Å². The van der Waals surface area contributed by atoms with Crippen LogP contribution in [0.2, 0.25) is 0 Å². The molecule has 0 aliphatic rings. The molecule has 15 heavy (non-hydrogen) atoms. The van der Waals surface area contributed by atoms with Crippen molar-refractivity contribution in [2.45, 2.75) is 6.42 Å². The Morgan fingerprint density at radius 3 is 2.60 bits per heavy atom. The van der Waals surface area contributed by atoms with E-state index in [4.69, 9.17) is 15.6 Å². The molecule has 0 bridgehead atoms. The monoisotopic (exact) mass is 207 g/mol. The van der Waals surface area contributed by atoms with Crippen molar-refractivity contribution in [3.8, 4) is 5.75 Å². The second kappa shape index (κ2) is 7.04. The van der Waals surface area contributed by atoms with Crippen molar-refractivity contribution in [3.05, 3.63) is 35.9 Å². The third kappa shape index (κ3) is 4.63. The predicted octanol–water partition coefficient (Wildman–Crippen LogP) is 1.42. The van der Waals surface area contributed by atoms with Crippen LogP contribution in [0.15, 0.2) is 30.3 Å². The minimum Gasteiger partial charge on any atom is -0.491 e. The van der Waals surface area contributed by atoms with E-state index in [0.717, 1.165) is 17.7 Å². The van der Waals surface area contributed by atoms with Crippen molar-refractivity contribution < 1.29 is 9.84 Å². The average molecular weight is 207 g/mol. The molecule has 3 N–H and O–H groups in total. The zero-order valence-corrected chi connectivity index (χ0v) is 8.73. The van der Waals surface area contributed by atoms with Gasteiger partial charge < -0.3 is 15.6 Å². The van der Waals surface area contributed by atoms with Gasteiger partial charge in [-0.05, 0) is 30.7 Å². The topological polar surface area (TPSA) is 55.5 Å². The molecule has 3 heteroatoms. The molecule has 0 saturated carbocycles. The van der Waals surface area contributed by atoms with Gasteiger partial charge in [-0.25, -0.2) is 0 Å². The molecule has 0 aliphatic carbocycles. The smallest absolute Gasteiger partial charge is 0.119 e. The van der Waals surface area contributed by atoms with Crippen LogP contribution in [0.5, 0.6) is 5.75 Å². The SMILES string of the molecule is NCCC=Cc1ccc(OCCO)cc1. The molecule has 0 amide bonds. The normalized spacial score (nSPS) is 10.8. The van der Waals surface area contributed by atoms with Crippen LogP contribution >= 0.6 is 0 Å². The molecule has 0 aliphatic heterocycles. The van der Waals surface area contributed by atoms with E-state index in [2.05, 4.69) is 0 Å². The lowest BCUT2D eigenvalue weighted by Gasteiger charge is -2.03. The molecule has 82 valence electrons. The Morgan fingerprint density at radius 2 is 2.00 bits per heavy atom. The molecule has 1 aromatic rings. The molecule has 1 aromatic carbocycles. The molecule has 0 spiro atoms. The highest BCUT2D eigenvalue weighted by molar-refractivity contribution is 5.50. The Balaban J connectivity index is 2.48. The van der Waals surface area contributed by atoms with Crippen LogP contribution in [0.25, 0.3) is 6.08 Å². The molecule has 3 nitrogen and oxygen atoms in total. The molecule has 0 radical (unpaired) electrons. The first-order chi connectivity index (χ1) is 7.36. The van der Waals surface area contributed by atoms with E-state index in [1.165, 1.54) is 0 Å². The number of hydrogen-bond acceptors (Lipinski definition) is 3. The van der Waals surface area contributed by atoms with Gasteiger partial charge in [0.2, 0.25) is 0 Å². The molecule has 0 aromatic heterocycles. The molecule has 0 unspecified atom stereocenters. The van der Waals surface area contributed by atoms with Crippen LogP contribution in [-0.4, -0.2) is 24.9 Å². The summed E-state index contributed by atoms with van der Waals surface area (Å²) in [6.07, 6.45) is 4.97.